The fraction of sp³-hybridized carbons (Fsp3) is 0.353. The van der Waals surface area contributed by atoms with Crippen molar-refractivity contribution in [1.29, 1.82) is 0 Å². The van der Waals surface area contributed by atoms with E-state index >= 15 is 0 Å². The van der Waals surface area contributed by atoms with Crippen molar-refractivity contribution < 1.29 is 9.53 Å². The Kier molecular flexibility index (Phi) is 4.09. The molecule has 0 heterocycles. The fourth-order valence-corrected chi connectivity index (χ4v) is 2.58. The van der Waals surface area contributed by atoms with Gasteiger partial charge >= 0.3 is 5.97 Å². The molecule has 2 aromatic carbocycles. The summed E-state index contributed by atoms with van der Waals surface area (Å²) in [5.74, 6) is -0.317. The third-order valence-electron chi connectivity index (χ3n) is 3.70. The number of carbonyl (C=O) groups excluding carboxylic acids is 1. The smallest absolute Gasteiger partial charge is 0.306 e. The lowest BCUT2D eigenvalue weighted by molar-refractivity contribution is -0.141. The number of hydrogen-bond donors (Lipinski definition) is 1. The minimum Gasteiger partial charge on any atom is -0.469 e. The first-order valence-electron chi connectivity index (χ1n) is 6.77. The van der Waals surface area contributed by atoms with Crippen LogP contribution in [0.3, 0.4) is 0 Å². The van der Waals surface area contributed by atoms with Crippen LogP contribution >= 0.6 is 0 Å². The van der Waals surface area contributed by atoms with Crippen molar-refractivity contribution in [3.05, 3.63) is 48.0 Å². The number of nitrogens with two attached hydrogens (primary N) is 1. The molecule has 3 nitrogen and oxygen atoms in total. The Morgan fingerprint density at radius 3 is 2.50 bits per heavy atom. The summed E-state index contributed by atoms with van der Waals surface area (Å²) in [5.41, 5.74) is 6.89. The van der Waals surface area contributed by atoms with E-state index in [0.717, 1.165) is 16.3 Å². The van der Waals surface area contributed by atoms with Gasteiger partial charge in [-0.2, -0.15) is 0 Å². The van der Waals surface area contributed by atoms with E-state index in [4.69, 9.17) is 10.5 Å². The zero-order chi connectivity index (χ0) is 14.8. The molecule has 0 amide bonds. The van der Waals surface area contributed by atoms with Crippen molar-refractivity contribution in [2.45, 2.75) is 31.7 Å². The molecule has 0 bridgehead atoms. The van der Waals surface area contributed by atoms with Gasteiger partial charge in [-0.1, -0.05) is 42.5 Å². The van der Waals surface area contributed by atoms with Crippen molar-refractivity contribution in [3.8, 4) is 0 Å². The minimum atomic E-state index is -0.502. The predicted molar refractivity (Wildman–Crippen MR) is 81.6 cm³/mol. The van der Waals surface area contributed by atoms with Crippen molar-refractivity contribution in [3.63, 3.8) is 0 Å². The summed E-state index contributed by atoms with van der Waals surface area (Å²) in [6, 6.07) is 14.3. The van der Waals surface area contributed by atoms with Gasteiger partial charge in [-0.25, -0.2) is 0 Å². The van der Waals surface area contributed by atoms with Crippen LogP contribution in [0.25, 0.3) is 10.8 Å². The van der Waals surface area contributed by atoms with Crippen LogP contribution < -0.4 is 5.73 Å². The number of methoxy groups -OCH3 is 1. The molecule has 0 aliphatic rings. The van der Waals surface area contributed by atoms with Crippen LogP contribution in [0.5, 0.6) is 0 Å². The summed E-state index contributed by atoms with van der Waals surface area (Å²) in [6.45, 7) is 3.89. The Balaban J connectivity index is 2.54. The van der Waals surface area contributed by atoms with E-state index in [-0.39, 0.29) is 18.3 Å². The second kappa shape index (κ2) is 5.63. The van der Waals surface area contributed by atoms with Gasteiger partial charge in [0, 0.05) is 11.5 Å². The molecule has 106 valence electrons. The Bertz CT molecular complexity index is 608. The Morgan fingerprint density at radius 1 is 1.20 bits per heavy atom. The van der Waals surface area contributed by atoms with Crippen LogP contribution in [0, 0.1) is 0 Å². The first-order chi connectivity index (χ1) is 9.43. The van der Waals surface area contributed by atoms with Crippen LogP contribution in [-0.2, 0) is 9.53 Å². The highest BCUT2D eigenvalue weighted by molar-refractivity contribution is 5.87. The van der Waals surface area contributed by atoms with Crippen LogP contribution in [-0.4, -0.2) is 18.6 Å². The van der Waals surface area contributed by atoms with Crippen LogP contribution in [0.1, 0.15) is 31.7 Å². The maximum atomic E-state index is 11.7. The van der Waals surface area contributed by atoms with E-state index in [2.05, 4.69) is 18.2 Å². The van der Waals surface area contributed by atoms with Gasteiger partial charge in [0.1, 0.15) is 0 Å². The van der Waals surface area contributed by atoms with Gasteiger partial charge < -0.3 is 10.5 Å². The van der Waals surface area contributed by atoms with E-state index in [1.54, 1.807) is 0 Å². The molecule has 0 aliphatic heterocycles. The largest absolute Gasteiger partial charge is 0.469 e. The second-order valence-electron chi connectivity index (χ2n) is 5.72. The first kappa shape index (κ1) is 14.5. The molecule has 0 saturated heterocycles. The van der Waals surface area contributed by atoms with Crippen molar-refractivity contribution >= 4 is 16.7 Å². The average molecular weight is 271 g/mol. The predicted octanol–water partition coefficient (Wildman–Crippen LogP) is 3.22. The van der Waals surface area contributed by atoms with Crippen molar-refractivity contribution in [1.82, 2.24) is 0 Å². The van der Waals surface area contributed by atoms with Gasteiger partial charge in [0.25, 0.3) is 0 Å². The highest BCUT2D eigenvalue weighted by atomic mass is 16.5. The molecular formula is C17H21NO2. The molecule has 0 aliphatic carbocycles. The summed E-state index contributed by atoms with van der Waals surface area (Å²) in [6.07, 6.45) is 0.286. The van der Waals surface area contributed by atoms with E-state index in [1.165, 1.54) is 7.11 Å². The number of fused-ring (bicyclic) bond motifs is 1. The molecule has 0 radical (unpaired) electrons. The van der Waals surface area contributed by atoms with Gasteiger partial charge in [-0.05, 0) is 30.2 Å². The van der Waals surface area contributed by atoms with Gasteiger partial charge in [-0.3, -0.25) is 4.79 Å². The van der Waals surface area contributed by atoms with Crippen LogP contribution in [0.4, 0.5) is 0 Å². The summed E-state index contributed by atoms with van der Waals surface area (Å²) in [4.78, 5) is 11.7. The highest BCUT2D eigenvalue weighted by Gasteiger charge is 2.30. The molecule has 2 rings (SSSR count). The molecule has 3 heteroatoms. The lowest BCUT2D eigenvalue weighted by Crippen LogP contribution is -2.40. The quantitative estimate of drug-likeness (QED) is 0.869. The standard InChI is InChI=1S/C17H21NO2/c1-17(2,18)15(11-16(19)20-3)14-10-6-8-12-7-4-5-9-13(12)14/h4-10,15H,11,18H2,1-3H3. The summed E-state index contributed by atoms with van der Waals surface area (Å²) in [5, 5.41) is 2.30. The number of ether oxygens (including phenoxy) is 1. The maximum Gasteiger partial charge on any atom is 0.306 e. The molecule has 0 aromatic heterocycles. The molecule has 0 fully saturated rings. The highest BCUT2D eigenvalue weighted by Crippen LogP contribution is 2.34. The Hall–Kier alpha value is -1.87. The molecule has 1 unspecified atom stereocenters. The number of carbonyl (C=O) groups is 1. The van der Waals surface area contributed by atoms with Gasteiger partial charge in [-0.15, -0.1) is 0 Å². The maximum absolute atomic E-state index is 11.7. The summed E-state index contributed by atoms with van der Waals surface area (Å²) >= 11 is 0. The van der Waals surface area contributed by atoms with E-state index in [9.17, 15) is 4.79 Å². The number of hydrogen-bond acceptors (Lipinski definition) is 3. The summed E-state index contributed by atoms with van der Waals surface area (Å²) in [7, 11) is 1.41. The topological polar surface area (TPSA) is 52.3 Å². The Morgan fingerprint density at radius 2 is 1.85 bits per heavy atom. The number of benzene rings is 2. The monoisotopic (exact) mass is 271 g/mol. The van der Waals surface area contributed by atoms with E-state index < -0.39 is 5.54 Å². The second-order valence-corrected chi connectivity index (χ2v) is 5.72. The molecule has 2 aromatic rings. The molecule has 2 N–H and O–H groups in total. The third kappa shape index (κ3) is 2.99. The summed E-state index contributed by atoms with van der Waals surface area (Å²) < 4.78 is 4.81. The lowest BCUT2D eigenvalue weighted by atomic mass is 9.78. The zero-order valence-electron chi connectivity index (χ0n) is 12.2. The lowest BCUT2D eigenvalue weighted by Gasteiger charge is -2.31. The molecule has 1 atom stereocenters. The molecule has 20 heavy (non-hydrogen) atoms. The minimum absolute atomic E-state index is 0.0824. The molecule has 0 spiro atoms. The molecule has 0 saturated carbocycles. The van der Waals surface area contributed by atoms with E-state index in [0.29, 0.717) is 0 Å². The Labute approximate surface area is 119 Å². The number of rotatable bonds is 4. The van der Waals surface area contributed by atoms with Crippen LogP contribution in [0.2, 0.25) is 0 Å². The van der Waals surface area contributed by atoms with Crippen molar-refractivity contribution in [2.75, 3.05) is 7.11 Å². The van der Waals surface area contributed by atoms with Gasteiger partial charge in [0.15, 0.2) is 0 Å². The van der Waals surface area contributed by atoms with Crippen LogP contribution in [0.15, 0.2) is 42.5 Å². The van der Waals surface area contributed by atoms with Crippen molar-refractivity contribution in [2.24, 2.45) is 5.73 Å². The fourth-order valence-electron chi connectivity index (χ4n) is 2.58. The van der Waals surface area contributed by atoms with Gasteiger partial charge in [0.05, 0.1) is 13.5 Å². The average Bonchev–Trinajstić information content (AvgIpc) is 2.43. The molecular weight excluding hydrogens is 250 g/mol. The SMILES string of the molecule is COC(=O)CC(c1cccc2ccccc12)C(C)(C)N. The third-order valence-corrected chi connectivity index (χ3v) is 3.70. The normalized spacial score (nSPS) is 13.2. The first-order valence-corrected chi connectivity index (χ1v) is 6.77. The van der Waals surface area contributed by atoms with Gasteiger partial charge in [0.2, 0.25) is 0 Å². The van der Waals surface area contributed by atoms with E-state index in [1.807, 2.05) is 38.1 Å². The number of esters is 1. The zero-order valence-corrected chi connectivity index (χ0v) is 12.2.